The van der Waals surface area contributed by atoms with Gasteiger partial charge >= 0.3 is 0 Å². The van der Waals surface area contributed by atoms with Gasteiger partial charge in [-0.3, -0.25) is 4.79 Å². The van der Waals surface area contributed by atoms with Crippen LogP contribution in [0.4, 0.5) is 0 Å². The molecular weight excluding hydrogens is 346 g/mol. The average molecular weight is 369 g/mol. The minimum absolute atomic E-state index is 0.193. The van der Waals surface area contributed by atoms with Gasteiger partial charge in [0.25, 0.3) is 5.91 Å². The maximum absolute atomic E-state index is 11.0. The first-order chi connectivity index (χ1) is 13.0. The Balaban J connectivity index is 1.46. The number of nitrogens with zero attached hydrogens (tertiary/aromatic N) is 2. The second-order valence-corrected chi connectivity index (χ2v) is 6.34. The van der Waals surface area contributed by atoms with E-state index in [0.29, 0.717) is 26.0 Å². The number of primary amides is 1. The van der Waals surface area contributed by atoms with Crippen molar-refractivity contribution >= 4 is 16.7 Å². The highest BCUT2D eigenvalue weighted by molar-refractivity contribution is 5.90. The summed E-state index contributed by atoms with van der Waals surface area (Å²) in [6, 6.07) is 11.8. The molecule has 142 valence electrons. The topological polar surface area (TPSA) is 99.6 Å². The SMILES string of the molecule is COc1ccc2ccc(OCCCC(O)Cn3cnc(C(N)=O)c3)cc2c1. The summed E-state index contributed by atoms with van der Waals surface area (Å²) in [6.45, 7) is 0.860. The largest absolute Gasteiger partial charge is 0.497 e. The summed E-state index contributed by atoms with van der Waals surface area (Å²) in [6.07, 6.45) is 3.75. The van der Waals surface area contributed by atoms with E-state index in [4.69, 9.17) is 15.2 Å². The molecule has 1 heterocycles. The molecule has 0 bridgehead atoms. The zero-order valence-corrected chi connectivity index (χ0v) is 15.2. The van der Waals surface area contributed by atoms with Gasteiger partial charge < -0.3 is 24.9 Å². The minimum Gasteiger partial charge on any atom is -0.497 e. The Labute approximate surface area is 157 Å². The van der Waals surface area contributed by atoms with Crippen molar-refractivity contribution in [1.29, 1.82) is 0 Å². The number of carbonyl (C=O) groups is 1. The number of aliphatic hydroxyl groups excluding tert-OH is 1. The first kappa shape index (κ1) is 18.7. The van der Waals surface area contributed by atoms with Crippen LogP contribution >= 0.6 is 0 Å². The Morgan fingerprint density at radius 3 is 2.67 bits per heavy atom. The number of aromatic nitrogens is 2. The van der Waals surface area contributed by atoms with Crippen LogP contribution in [0, 0.1) is 0 Å². The number of carbonyl (C=O) groups excluding carboxylic acids is 1. The number of benzene rings is 2. The van der Waals surface area contributed by atoms with Crippen molar-refractivity contribution in [1.82, 2.24) is 9.55 Å². The molecule has 0 fully saturated rings. The molecular formula is C20H23N3O4. The molecule has 0 spiro atoms. The summed E-state index contributed by atoms with van der Waals surface area (Å²) < 4.78 is 12.7. The van der Waals surface area contributed by atoms with Gasteiger partial charge in [0, 0.05) is 12.7 Å². The van der Waals surface area contributed by atoms with Crippen molar-refractivity contribution in [3.63, 3.8) is 0 Å². The number of ether oxygens (including phenoxy) is 2. The number of aliphatic hydroxyl groups is 1. The standard InChI is InChI=1S/C20H23N3O4/c1-26-17-6-4-14-5-7-18(10-15(14)9-17)27-8-2-3-16(24)11-23-12-19(20(21)25)22-13-23/h4-7,9-10,12-13,16,24H,2-3,8,11H2,1H3,(H2,21,25). The van der Waals surface area contributed by atoms with E-state index >= 15 is 0 Å². The summed E-state index contributed by atoms with van der Waals surface area (Å²) in [7, 11) is 1.64. The number of nitrogens with two attached hydrogens (primary N) is 1. The fourth-order valence-corrected chi connectivity index (χ4v) is 2.85. The molecule has 1 unspecified atom stereocenters. The van der Waals surface area contributed by atoms with E-state index < -0.39 is 12.0 Å². The summed E-state index contributed by atoms with van der Waals surface area (Å²) in [4.78, 5) is 14.9. The lowest BCUT2D eigenvalue weighted by molar-refractivity contribution is 0.0995. The van der Waals surface area contributed by atoms with Gasteiger partial charge in [0.1, 0.15) is 17.2 Å². The summed E-state index contributed by atoms with van der Waals surface area (Å²) in [5.41, 5.74) is 5.35. The minimum atomic E-state index is -0.579. The molecule has 2 aromatic carbocycles. The van der Waals surface area contributed by atoms with Gasteiger partial charge in [0.2, 0.25) is 0 Å². The van der Waals surface area contributed by atoms with Gasteiger partial charge in [-0.1, -0.05) is 12.1 Å². The molecule has 0 saturated heterocycles. The molecule has 0 saturated carbocycles. The fourth-order valence-electron chi connectivity index (χ4n) is 2.85. The van der Waals surface area contributed by atoms with Crippen LogP contribution in [-0.4, -0.2) is 40.4 Å². The van der Waals surface area contributed by atoms with E-state index in [2.05, 4.69) is 4.98 Å². The molecule has 3 rings (SSSR count). The third-order valence-electron chi connectivity index (χ3n) is 4.28. The highest BCUT2D eigenvalue weighted by Gasteiger charge is 2.09. The number of hydrogen-bond acceptors (Lipinski definition) is 5. The number of rotatable bonds is 9. The molecule has 0 aliphatic heterocycles. The van der Waals surface area contributed by atoms with Crippen molar-refractivity contribution in [2.75, 3.05) is 13.7 Å². The molecule has 3 N–H and O–H groups in total. The van der Waals surface area contributed by atoms with Crippen molar-refractivity contribution in [2.45, 2.75) is 25.5 Å². The predicted octanol–water partition coefficient (Wildman–Crippen LogP) is 2.36. The van der Waals surface area contributed by atoms with Crippen molar-refractivity contribution in [3.05, 3.63) is 54.6 Å². The van der Waals surface area contributed by atoms with Crippen molar-refractivity contribution in [3.8, 4) is 11.5 Å². The van der Waals surface area contributed by atoms with Gasteiger partial charge in [-0.25, -0.2) is 4.98 Å². The van der Waals surface area contributed by atoms with Crippen LogP contribution in [0.5, 0.6) is 11.5 Å². The maximum Gasteiger partial charge on any atom is 0.268 e. The van der Waals surface area contributed by atoms with Gasteiger partial charge in [-0.2, -0.15) is 0 Å². The molecule has 7 nitrogen and oxygen atoms in total. The number of amides is 1. The fraction of sp³-hybridized carbons (Fsp3) is 0.300. The lowest BCUT2D eigenvalue weighted by Gasteiger charge is -2.12. The number of methoxy groups -OCH3 is 1. The Morgan fingerprint density at radius 1 is 1.22 bits per heavy atom. The van der Waals surface area contributed by atoms with Gasteiger partial charge in [-0.05, 0) is 47.9 Å². The van der Waals surface area contributed by atoms with Crippen LogP contribution < -0.4 is 15.2 Å². The monoisotopic (exact) mass is 369 g/mol. The van der Waals surface area contributed by atoms with Gasteiger partial charge in [0.15, 0.2) is 0 Å². The molecule has 1 aromatic heterocycles. The van der Waals surface area contributed by atoms with Crippen LogP contribution in [-0.2, 0) is 6.54 Å². The van der Waals surface area contributed by atoms with Crippen LogP contribution in [0.25, 0.3) is 10.8 Å². The molecule has 1 atom stereocenters. The van der Waals surface area contributed by atoms with E-state index in [9.17, 15) is 9.90 Å². The smallest absolute Gasteiger partial charge is 0.268 e. The van der Waals surface area contributed by atoms with Crippen LogP contribution in [0.3, 0.4) is 0 Å². The quantitative estimate of drug-likeness (QED) is 0.564. The number of fused-ring (bicyclic) bond motifs is 1. The number of hydrogen-bond donors (Lipinski definition) is 2. The van der Waals surface area contributed by atoms with E-state index in [1.165, 1.54) is 12.5 Å². The van der Waals surface area contributed by atoms with Crippen LogP contribution in [0.2, 0.25) is 0 Å². The lowest BCUT2D eigenvalue weighted by Crippen LogP contribution is -2.16. The normalized spacial score (nSPS) is 12.1. The zero-order valence-electron chi connectivity index (χ0n) is 15.2. The highest BCUT2D eigenvalue weighted by atomic mass is 16.5. The Hall–Kier alpha value is -3.06. The third-order valence-corrected chi connectivity index (χ3v) is 4.28. The summed E-state index contributed by atoms with van der Waals surface area (Å²) in [5.74, 6) is 1.01. The summed E-state index contributed by atoms with van der Waals surface area (Å²) >= 11 is 0. The third kappa shape index (κ3) is 4.98. The molecule has 7 heteroatoms. The summed E-state index contributed by atoms with van der Waals surface area (Å²) in [5, 5.41) is 12.3. The highest BCUT2D eigenvalue weighted by Crippen LogP contribution is 2.25. The van der Waals surface area contributed by atoms with Crippen LogP contribution in [0.15, 0.2) is 48.9 Å². The first-order valence-corrected chi connectivity index (χ1v) is 8.75. The maximum atomic E-state index is 11.0. The van der Waals surface area contributed by atoms with E-state index in [0.717, 1.165) is 22.3 Å². The molecule has 0 radical (unpaired) electrons. The van der Waals surface area contributed by atoms with Crippen molar-refractivity contribution < 1.29 is 19.4 Å². The Morgan fingerprint density at radius 2 is 1.96 bits per heavy atom. The Bertz CT molecular complexity index is 922. The lowest BCUT2D eigenvalue weighted by atomic mass is 10.1. The molecule has 3 aromatic rings. The molecule has 1 amide bonds. The van der Waals surface area contributed by atoms with Gasteiger partial charge in [0.05, 0.1) is 26.1 Å². The predicted molar refractivity (Wildman–Crippen MR) is 102 cm³/mol. The van der Waals surface area contributed by atoms with Crippen LogP contribution in [0.1, 0.15) is 23.3 Å². The van der Waals surface area contributed by atoms with E-state index in [1.54, 1.807) is 11.7 Å². The van der Waals surface area contributed by atoms with Crippen molar-refractivity contribution in [2.24, 2.45) is 5.73 Å². The molecule has 0 aliphatic carbocycles. The molecule has 0 aliphatic rings. The molecule has 27 heavy (non-hydrogen) atoms. The Kier molecular flexibility index (Phi) is 5.93. The first-order valence-electron chi connectivity index (χ1n) is 8.75. The van der Waals surface area contributed by atoms with Gasteiger partial charge in [-0.15, -0.1) is 0 Å². The van der Waals surface area contributed by atoms with E-state index in [1.807, 2.05) is 36.4 Å². The van der Waals surface area contributed by atoms with E-state index in [-0.39, 0.29) is 5.69 Å². The second kappa shape index (κ2) is 8.55. The second-order valence-electron chi connectivity index (χ2n) is 6.34. The zero-order chi connectivity index (χ0) is 19.2. The number of imidazole rings is 1. The average Bonchev–Trinajstić information content (AvgIpc) is 3.13.